The van der Waals surface area contributed by atoms with Gasteiger partial charge < -0.3 is 14.3 Å². The lowest BCUT2D eigenvalue weighted by atomic mass is 10.0. The molecule has 1 aromatic carbocycles. The van der Waals surface area contributed by atoms with Gasteiger partial charge in [-0.05, 0) is 43.5 Å². The van der Waals surface area contributed by atoms with Crippen LogP contribution in [-0.4, -0.2) is 34.8 Å². The summed E-state index contributed by atoms with van der Waals surface area (Å²) in [6.45, 7) is 2.32. The number of hydrogen-bond acceptors (Lipinski definition) is 5. The molecule has 2 aliphatic heterocycles. The third-order valence-electron chi connectivity index (χ3n) is 6.46. The van der Waals surface area contributed by atoms with Gasteiger partial charge in [0.25, 0.3) is 0 Å². The summed E-state index contributed by atoms with van der Waals surface area (Å²) in [5.74, 6) is 0.411. The van der Waals surface area contributed by atoms with Crippen molar-refractivity contribution in [3.05, 3.63) is 47.7 Å². The number of unbranched alkanes of at least 4 members (excludes halogenated alkanes) is 2. The predicted molar refractivity (Wildman–Crippen MR) is 119 cm³/mol. The van der Waals surface area contributed by atoms with Gasteiger partial charge in [0.15, 0.2) is 11.5 Å². The number of hydrogen-bond donors (Lipinski definition) is 0. The maximum absolute atomic E-state index is 13.2. The number of halogens is 6. The van der Waals surface area contributed by atoms with Crippen molar-refractivity contribution in [1.82, 2.24) is 10.0 Å². The average molecular weight is 518 g/mol. The first kappa shape index (κ1) is 26.4. The number of benzene rings is 1. The Morgan fingerprint density at radius 3 is 2.14 bits per heavy atom. The number of pyridine rings is 1. The molecule has 2 fully saturated rings. The normalized spacial score (nSPS) is 22.5. The molecule has 0 N–H and O–H groups in total. The Bertz CT molecular complexity index is 998. The summed E-state index contributed by atoms with van der Waals surface area (Å²) in [7, 11) is 0. The largest absolute Gasteiger partial charge is 0.490 e. The number of nitrogens with zero attached hydrogens (tertiary/aromatic N) is 2. The second-order valence-electron chi connectivity index (χ2n) is 9.15. The van der Waals surface area contributed by atoms with Gasteiger partial charge in [-0.25, -0.2) is 4.98 Å². The Morgan fingerprint density at radius 1 is 0.889 bits per heavy atom. The fourth-order valence-electron chi connectivity index (χ4n) is 4.65. The van der Waals surface area contributed by atoms with E-state index >= 15 is 0 Å². The minimum atomic E-state index is -4.49. The lowest BCUT2D eigenvalue weighted by molar-refractivity contribution is -0.143. The molecule has 2 aliphatic rings. The highest BCUT2D eigenvalue weighted by Gasteiger charge is 2.44. The van der Waals surface area contributed by atoms with Crippen LogP contribution in [0.1, 0.15) is 63.0 Å². The molecule has 11 heteroatoms. The molecule has 0 spiro atoms. The van der Waals surface area contributed by atoms with Crippen molar-refractivity contribution in [2.75, 3.05) is 6.61 Å². The van der Waals surface area contributed by atoms with Crippen molar-refractivity contribution in [2.45, 2.75) is 82.4 Å². The maximum atomic E-state index is 13.2. The molecule has 1 aromatic heterocycles. The highest BCUT2D eigenvalue weighted by atomic mass is 19.4. The van der Waals surface area contributed by atoms with Crippen LogP contribution in [0.3, 0.4) is 0 Å². The summed E-state index contributed by atoms with van der Waals surface area (Å²) in [5.41, 5.74) is -1.65. The lowest BCUT2D eigenvalue weighted by Gasteiger charge is -2.37. The van der Waals surface area contributed by atoms with Crippen LogP contribution in [-0.2, 0) is 12.4 Å². The molecule has 0 amide bonds. The molecule has 0 radical (unpaired) electrons. The quantitative estimate of drug-likeness (QED) is 0.263. The number of alkyl halides is 6. The smallest absolute Gasteiger partial charge is 0.417 e. The van der Waals surface area contributed by atoms with E-state index in [-0.39, 0.29) is 35.6 Å². The van der Waals surface area contributed by atoms with Gasteiger partial charge in [-0.15, -0.1) is 5.06 Å². The van der Waals surface area contributed by atoms with E-state index in [1.807, 2.05) is 6.92 Å². The van der Waals surface area contributed by atoms with Crippen LogP contribution >= 0.6 is 0 Å². The predicted octanol–water partition coefficient (Wildman–Crippen LogP) is 7.06. The first-order valence-electron chi connectivity index (χ1n) is 12.0. The van der Waals surface area contributed by atoms with Gasteiger partial charge in [0.05, 0.1) is 17.7 Å². The van der Waals surface area contributed by atoms with Crippen LogP contribution in [0, 0.1) is 0 Å². The number of hydroxylamine groups is 2. The topological polar surface area (TPSA) is 43.8 Å². The van der Waals surface area contributed by atoms with Crippen LogP contribution in [0.15, 0.2) is 36.5 Å². The molecule has 4 rings (SSSR count). The summed E-state index contributed by atoms with van der Waals surface area (Å²) >= 11 is 0. The lowest BCUT2D eigenvalue weighted by Crippen LogP contribution is -2.48. The fraction of sp³-hybridized carbons (Fsp3) is 0.560. The van der Waals surface area contributed by atoms with Gasteiger partial charge >= 0.3 is 12.4 Å². The molecule has 0 unspecified atom stereocenters. The van der Waals surface area contributed by atoms with Crippen LogP contribution in [0.5, 0.6) is 17.4 Å². The van der Waals surface area contributed by atoms with E-state index in [4.69, 9.17) is 14.3 Å². The summed E-state index contributed by atoms with van der Waals surface area (Å²) in [5, 5.41) is 1.75. The van der Waals surface area contributed by atoms with E-state index in [1.165, 1.54) is 12.1 Å². The molecule has 2 bridgehead atoms. The third kappa shape index (κ3) is 6.35. The first-order valence-corrected chi connectivity index (χ1v) is 12.0. The third-order valence-corrected chi connectivity index (χ3v) is 6.46. The average Bonchev–Trinajstić information content (AvgIpc) is 3.04. The van der Waals surface area contributed by atoms with Crippen molar-refractivity contribution < 1.29 is 40.7 Å². The molecule has 3 heterocycles. The summed E-state index contributed by atoms with van der Waals surface area (Å²) in [6, 6.07) is 5.26. The zero-order chi connectivity index (χ0) is 25.9. The minimum Gasteiger partial charge on any atom is -0.490 e. The Morgan fingerprint density at radius 2 is 1.56 bits per heavy atom. The Balaban J connectivity index is 1.41. The van der Waals surface area contributed by atoms with Crippen LogP contribution in [0.4, 0.5) is 26.3 Å². The zero-order valence-corrected chi connectivity index (χ0v) is 19.7. The van der Waals surface area contributed by atoms with Gasteiger partial charge in [0.1, 0.15) is 6.10 Å². The molecule has 5 nitrogen and oxygen atoms in total. The van der Waals surface area contributed by atoms with E-state index in [9.17, 15) is 26.3 Å². The SMILES string of the molecule is CCCCCOc1cc(C(F)(F)F)ccc1OC1C[C@H]2CC[C@H](C1)N2Oc1ccc(C(F)(F)F)cn1. The summed E-state index contributed by atoms with van der Waals surface area (Å²) < 4.78 is 89.8. The van der Waals surface area contributed by atoms with Gasteiger partial charge in [-0.2, -0.15) is 26.3 Å². The highest BCUT2D eigenvalue weighted by molar-refractivity contribution is 5.44. The van der Waals surface area contributed by atoms with E-state index in [0.29, 0.717) is 19.4 Å². The highest BCUT2D eigenvalue weighted by Crippen LogP contribution is 2.41. The first-order chi connectivity index (χ1) is 17.0. The van der Waals surface area contributed by atoms with E-state index in [1.54, 1.807) is 5.06 Å². The van der Waals surface area contributed by atoms with Crippen molar-refractivity contribution in [3.8, 4) is 17.4 Å². The number of aromatic nitrogens is 1. The molecule has 0 aliphatic carbocycles. The Labute approximate surface area is 205 Å². The van der Waals surface area contributed by atoms with E-state index in [0.717, 1.165) is 56.5 Å². The number of fused-ring (bicyclic) bond motifs is 2. The number of ether oxygens (including phenoxy) is 2. The van der Waals surface area contributed by atoms with Crippen LogP contribution < -0.4 is 14.3 Å². The van der Waals surface area contributed by atoms with Crippen LogP contribution in [0.25, 0.3) is 0 Å². The monoisotopic (exact) mass is 518 g/mol. The second kappa shape index (κ2) is 10.7. The van der Waals surface area contributed by atoms with Crippen molar-refractivity contribution in [3.63, 3.8) is 0 Å². The molecule has 2 saturated heterocycles. The summed E-state index contributed by atoms with van der Waals surface area (Å²) in [6.07, 6.45) is -3.20. The summed E-state index contributed by atoms with van der Waals surface area (Å²) in [4.78, 5) is 9.59. The number of piperidine rings is 1. The number of rotatable bonds is 9. The maximum Gasteiger partial charge on any atom is 0.417 e. The molecular weight excluding hydrogens is 490 g/mol. The molecule has 36 heavy (non-hydrogen) atoms. The van der Waals surface area contributed by atoms with Gasteiger partial charge in [-0.1, -0.05) is 19.8 Å². The van der Waals surface area contributed by atoms with Crippen molar-refractivity contribution >= 4 is 0 Å². The van der Waals surface area contributed by atoms with Crippen molar-refractivity contribution in [2.24, 2.45) is 0 Å². The zero-order valence-electron chi connectivity index (χ0n) is 19.7. The molecule has 0 saturated carbocycles. The standard InChI is InChI=1S/C25H28F6N2O3/c1-2-3-4-11-34-22-12-16(24(26,27)28)5-9-21(22)35-20-13-18-7-8-19(14-20)33(18)36-23-10-6-17(15-32-23)25(29,30)31/h5-6,9-10,12,15,18-20H,2-4,7-8,11,13-14H2,1H3/t18-,19-/m1/s1. The Hall–Kier alpha value is -2.69. The minimum absolute atomic E-state index is 0.0544. The van der Waals surface area contributed by atoms with Crippen LogP contribution in [0.2, 0.25) is 0 Å². The Kier molecular flexibility index (Phi) is 7.87. The van der Waals surface area contributed by atoms with E-state index in [2.05, 4.69) is 4.98 Å². The second-order valence-corrected chi connectivity index (χ2v) is 9.15. The fourth-order valence-corrected chi connectivity index (χ4v) is 4.65. The van der Waals surface area contributed by atoms with E-state index < -0.39 is 23.5 Å². The molecule has 2 aromatic rings. The van der Waals surface area contributed by atoms with Gasteiger partial charge in [0, 0.05) is 37.2 Å². The van der Waals surface area contributed by atoms with Gasteiger partial charge in [0.2, 0.25) is 5.88 Å². The van der Waals surface area contributed by atoms with Gasteiger partial charge in [-0.3, -0.25) is 0 Å². The van der Waals surface area contributed by atoms with Crippen molar-refractivity contribution in [1.29, 1.82) is 0 Å². The molecular formula is C25H28F6N2O3. The molecule has 2 atom stereocenters. The molecule has 198 valence electrons.